The van der Waals surface area contributed by atoms with Crippen LogP contribution in [0, 0.1) is 0 Å². The first-order valence-electron chi connectivity index (χ1n) is 9.75. The van der Waals surface area contributed by atoms with Gasteiger partial charge in [-0.15, -0.1) is 0 Å². The van der Waals surface area contributed by atoms with Gasteiger partial charge < -0.3 is 5.32 Å². The molecule has 7 heteroatoms. The highest BCUT2D eigenvalue weighted by Gasteiger charge is 2.19. The molecule has 1 aromatic carbocycles. The zero-order valence-electron chi connectivity index (χ0n) is 16.1. The van der Waals surface area contributed by atoms with Crippen LogP contribution < -0.4 is 10.0 Å². The third kappa shape index (κ3) is 5.39. The molecular weight excluding hydrogens is 374 g/mol. The van der Waals surface area contributed by atoms with Gasteiger partial charge >= 0.3 is 0 Å². The Balaban J connectivity index is 1.55. The Hall–Kier alpha value is -2.25. The second-order valence-corrected chi connectivity index (χ2v) is 9.04. The van der Waals surface area contributed by atoms with Gasteiger partial charge in [0.25, 0.3) is 0 Å². The van der Waals surface area contributed by atoms with Crippen molar-refractivity contribution in [3.8, 4) is 0 Å². The molecule has 0 aliphatic heterocycles. The summed E-state index contributed by atoms with van der Waals surface area (Å²) in [5.74, 6) is 0.123. The van der Waals surface area contributed by atoms with Gasteiger partial charge in [-0.25, -0.2) is 13.1 Å². The average Bonchev–Trinajstić information content (AvgIpc) is 2.74. The number of nitrogens with one attached hydrogen (secondary N) is 2. The van der Waals surface area contributed by atoms with Gasteiger partial charge in [0.2, 0.25) is 15.9 Å². The summed E-state index contributed by atoms with van der Waals surface area (Å²) in [4.78, 5) is 16.5. The molecule has 1 aliphatic rings. The van der Waals surface area contributed by atoms with Crippen LogP contribution in [0.1, 0.15) is 62.2 Å². The van der Waals surface area contributed by atoms with Crippen LogP contribution in [-0.4, -0.2) is 25.9 Å². The van der Waals surface area contributed by atoms with Gasteiger partial charge in [-0.05, 0) is 55.5 Å². The van der Waals surface area contributed by atoms with E-state index in [2.05, 4.69) is 15.0 Å². The number of amides is 1. The smallest absolute Gasteiger partial charge is 0.241 e. The molecule has 0 spiro atoms. The molecule has 0 bridgehead atoms. The van der Waals surface area contributed by atoms with Crippen LogP contribution in [0.5, 0.6) is 0 Å². The number of hydrogen-bond acceptors (Lipinski definition) is 4. The van der Waals surface area contributed by atoms with Crippen LogP contribution in [0.15, 0.2) is 53.6 Å². The summed E-state index contributed by atoms with van der Waals surface area (Å²) in [7, 11) is -3.73. The summed E-state index contributed by atoms with van der Waals surface area (Å²) < 4.78 is 27.3. The van der Waals surface area contributed by atoms with Gasteiger partial charge in [-0.1, -0.05) is 37.5 Å². The summed E-state index contributed by atoms with van der Waals surface area (Å²) in [5, 5.41) is 2.74. The van der Waals surface area contributed by atoms with E-state index in [1.54, 1.807) is 31.3 Å². The monoisotopic (exact) mass is 401 g/mol. The minimum atomic E-state index is -3.73. The van der Waals surface area contributed by atoms with E-state index in [4.69, 9.17) is 0 Å². The Kier molecular flexibility index (Phi) is 6.80. The quantitative estimate of drug-likeness (QED) is 0.745. The van der Waals surface area contributed by atoms with Crippen LogP contribution in [0.2, 0.25) is 0 Å². The molecule has 2 aromatic rings. The van der Waals surface area contributed by atoms with Crippen molar-refractivity contribution in [3.05, 3.63) is 59.9 Å². The zero-order chi connectivity index (χ0) is 20.0. The third-order valence-corrected chi connectivity index (χ3v) is 6.62. The molecule has 1 heterocycles. The molecule has 0 radical (unpaired) electrons. The fraction of sp³-hybridized carbons (Fsp3) is 0.429. The molecule has 0 unspecified atom stereocenters. The topological polar surface area (TPSA) is 88.2 Å². The number of nitrogens with zero attached hydrogens (tertiary/aromatic N) is 1. The predicted octanol–water partition coefficient (Wildman–Crippen LogP) is 3.29. The Bertz CT molecular complexity index is 877. The Morgan fingerprint density at radius 2 is 1.82 bits per heavy atom. The first-order valence-corrected chi connectivity index (χ1v) is 11.2. The Labute approximate surface area is 166 Å². The second-order valence-electron chi connectivity index (χ2n) is 7.27. The lowest BCUT2D eigenvalue weighted by Crippen LogP contribution is -2.38. The molecule has 28 heavy (non-hydrogen) atoms. The molecule has 150 valence electrons. The number of benzene rings is 1. The van der Waals surface area contributed by atoms with Crippen LogP contribution in [0.25, 0.3) is 0 Å². The standard InChI is InChI=1S/C21H27N3O3S/c1-16(20-9-5-6-14-22-20)24-21(25)15-23-28(26,27)19-12-10-18(11-13-19)17-7-3-2-4-8-17/h5-6,9-14,16-17,23H,2-4,7-8,15H2,1H3,(H,24,25)/t16-/m0/s1. The summed E-state index contributed by atoms with van der Waals surface area (Å²) in [5.41, 5.74) is 1.91. The number of sulfonamides is 1. The van der Waals surface area contributed by atoms with Crippen molar-refractivity contribution in [3.63, 3.8) is 0 Å². The number of rotatable bonds is 7. The normalized spacial score (nSPS) is 16.5. The van der Waals surface area contributed by atoms with E-state index >= 15 is 0 Å². The SMILES string of the molecule is C[C@H](NC(=O)CNS(=O)(=O)c1ccc(C2CCCCC2)cc1)c1ccccn1. The molecule has 1 amide bonds. The van der Waals surface area contributed by atoms with Crippen molar-refractivity contribution < 1.29 is 13.2 Å². The maximum absolute atomic E-state index is 12.5. The molecule has 6 nitrogen and oxygen atoms in total. The van der Waals surface area contributed by atoms with Gasteiger partial charge in [0.15, 0.2) is 0 Å². The number of carbonyl (C=O) groups is 1. The number of hydrogen-bond donors (Lipinski definition) is 2. The Morgan fingerprint density at radius 3 is 2.46 bits per heavy atom. The average molecular weight is 402 g/mol. The van der Waals surface area contributed by atoms with Gasteiger partial charge in [-0.3, -0.25) is 9.78 Å². The van der Waals surface area contributed by atoms with E-state index in [9.17, 15) is 13.2 Å². The van der Waals surface area contributed by atoms with Crippen LogP contribution in [0.3, 0.4) is 0 Å². The molecular formula is C21H27N3O3S. The minimum Gasteiger partial charge on any atom is -0.347 e. The summed E-state index contributed by atoms with van der Waals surface area (Å²) >= 11 is 0. The first kappa shape index (κ1) is 20.5. The van der Waals surface area contributed by atoms with E-state index in [1.165, 1.54) is 37.7 Å². The highest BCUT2D eigenvalue weighted by atomic mass is 32.2. The molecule has 1 atom stereocenters. The third-order valence-electron chi connectivity index (χ3n) is 5.20. The lowest BCUT2D eigenvalue weighted by molar-refractivity contribution is -0.120. The van der Waals surface area contributed by atoms with Gasteiger partial charge in [0, 0.05) is 6.20 Å². The lowest BCUT2D eigenvalue weighted by atomic mass is 9.84. The van der Waals surface area contributed by atoms with Gasteiger partial charge in [0.1, 0.15) is 0 Å². The fourth-order valence-corrected chi connectivity index (χ4v) is 4.58. The van der Waals surface area contributed by atoms with E-state index in [0.717, 1.165) is 5.69 Å². The van der Waals surface area contributed by atoms with E-state index < -0.39 is 15.9 Å². The van der Waals surface area contributed by atoms with E-state index in [0.29, 0.717) is 5.92 Å². The minimum absolute atomic E-state index is 0.178. The predicted molar refractivity (Wildman–Crippen MR) is 108 cm³/mol. The Morgan fingerprint density at radius 1 is 1.11 bits per heavy atom. The molecule has 3 rings (SSSR count). The molecule has 0 saturated heterocycles. The fourth-order valence-electron chi connectivity index (χ4n) is 3.60. The van der Waals surface area contributed by atoms with Crippen molar-refractivity contribution in [2.24, 2.45) is 0 Å². The van der Waals surface area contributed by atoms with E-state index in [1.807, 2.05) is 24.3 Å². The van der Waals surface area contributed by atoms with Gasteiger partial charge in [-0.2, -0.15) is 0 Å². The highest BCUT2D eigenvalue weighted by Crippen LogP contribution is 2.32. The first-order chi connectivity index (χ1) is 13.5. The molecule has 1 fully saturated rings. The maximum atomic E-state index is 12.5. The van der Waals surface area contributed by atoms with Crippen LogP contribution >= 0.6 is 0 Å². The number of carbonyl (C=O) groups excluding carboxylic acids is 1. The van der Waals surface area contributed by atoms with Crippen molar-refractivity contribution in [2.75, 3.05) is 6.54 Å². The van der Waals surface area contributed by atoms with Crippen LogP contribution in [0.4, 0.5) is 0 Å². The lowest BCUT2D eigenvalue weighted by Gasteiger charge is -2.22. The molecule has 1 saturated carbocycles. The van der Waals surface area contributed by atoms with Crippen molar-refractivity contribution >= 4 is 15.9 Å². The van der Waals surface area contributed by atoms with Gasteiger partial charge in [0.05, 0.1) is 23.2 Å². The van der Waals surface area contributed by atoms with Crippen molar-refractivity contribution in [2.45, 2.75) is 55.9 Å². The number of aromatic nitrogens is 1. The highest BCUT2D eigenvalue weighted by molar-refractivity contribution is 7.89. The maximum Gasteiger partial charge on any atom is 0.241 e. The summed E-state index contributed by atoms with van der Waals surface area (Å²) in [6.07, 6.45) is 7.74. The number of pyridine rings is 1. The summed E-state index contributed by atoms with van der Waals surface area (Å²) in [6, 6.07) is 12.2. The van der Waals surface area contributed by atoms with Crippen molar-refractivity contribution in [1.29, 1.82) is 0 Å². The van der Waals surface area contributed by atoms with E-state index in [-0.39, 0.29) is 17.5 Å². The molecule has 1 aromatic heterocycles. The molecule has 1 aliphatic carbocycles. The second kappa shape index (κ2) is 9.30. The zero-order valence-corrected chi connectivity index (χ0v) is 16.9. The largest absolute Gasteiger partial charge is 0.347 e. The summed E-state index contributed by atoms with van der Waals surface area (Å²) in [6.45, 7) is 1.49. The molecule has 2 N–H and O–H groups in total. The van der Waals surface area contributed by atoms with Crippen LogP contribution in [-0.2, 0) is 14.8 Å². The van der Waals surface area contributed by atoms with Crippen molar-refractivity contribution in [1.82, 2.24) is 15.0 Å².